The standard InChI is InChI=1S/C18H22O/c1-15(17-10-6-3-7-11-17)14-18(19)13-12-16-8-4-2-5-9-16/h2-11,15,18-19H,12-14H2,1H3. The quantitative estimate of drug-likeness (QED) is 0.820. The van der Waals surface area contributed by atoms with Gasteiger partial charge in [-0.2, -0.15) is 0 Å². The molecule has 0 aliphatic rings. The molecule has 0 saturated heterocycles. The maximum Gasteiger partial charge on any atom is 0.0549 e. The highest BCUT2D eigenvalue weighted by atomic mass is 16.3. The van der Waals surface area contributed by atoms with E-state index in [4.69, 9.17) is 0 Å². The molecule has 0 saturated carbocycles. The van der Waals surface area contributed by atoms with Gasteiger partial charge in [-0.15, -0.1) is 0 Å². The second kappa shape index (κ2) is 7.10. The molecule has 19 heavy (non-hydrogen) atoms. The van der Waals surface area contributed by atoms with Gasteiger partial charge in [-0.05, 0) is 36.3 Å². The maximum absolute atomic E-state index is 10.1. The third-order valence-electron chi connectivity index (χ3n) is 3.60. The molecule has 2 atom stereocenters. The Kier molecular flexibility index (Phi) is 5.17. The van der Waals surface area contributed by atoms with Crippen LogP contribution in [0, 0.1) is 0 Å². The lowest BCUT2D eigenvalue weighted by Gasteiger charge is -2.16. The Morgan fingerprint density at radius 2 is 1.47 bits per heavy atom. The van der Waals surface area contributed by atoms with Crippen LogP contribution in [0.25, 0.3) is 0 Å². The molecule has 1 nitrogen and oxygen atoms in total. The number of hydrogen-bond acceptors (Lipinski definition) is 1. The van der Waals surface area contributed by atoms with Gasteiger partial charge in [0, 0.05) is 0 Å². The fourth-order valence-corrected chi connectivity index (χ4v) is 2.42. The summed E-state index contributed by atoms with van der Waals surface area (Å²) in [5.74, 6) is 0.409. The highest BCUT2D eigenvalue weighted by Gasteiger charge is 2.11. The van der Waals surface area contributed by atoms with E-state index in [-0.39, 0.29) is 6.10 Å². The summed E-state index contributed by atoms with van der Waals surface area (Å²) in [5, 5.41) is 10.1. The van der Waals surface area contributed by atoms with Gasteiger partial charge in [-0.1, -0.05) is 67.6 Å². The first-order valence-electron chi connectivity index (χ1n) is 7.02. The average Bonchev–Trinajstić information content (AvgIpc) is 2.47. The van der Waals surface area contributed by atoms with Crippen LogP contribution in [0.5, 0.6) is 0 Å². The minimum absolute atomic E-state index is 0.226. The van der Waals surface area contributed by atoms with Gasteiger partial charge in [-0.3, -0.25) is 0 Å². The largest absolute Gasteiger partial charge is 0.393 e. The molecule has 0 spiro atoms. The van der Waals surface area contributed by atoms with E-state index in [1.807, 2.05) is 24.3 Å². The van der Waals surface area contributed by atoms with Crippen LogP contribution < -0.4 is 0 Å². The van der Waals surface area contributed by atoms with Crippen LogP contribution in [0.3, 0.4) is 0 Å². The highest BCUT2D eigenvalue weighted by molar-refractivity contribution is 5.19. The third-order valence-corrected chi connectivity index (χ3v) is 3.60. The molecular formula is C18H22O. The molecule has 1 heteroatoms. The molecule has 0 radical (unpaired) electrons. The first kappa shape index (κ1) is 13.8. The van der Waals surface area contributed by atoms with E-state index in [1.54, 1.807) is 0 Å². The van der Waals surface area contributed by atoms with Crippen LogP contribution in [-0.2, 0) is 6.42 Å². The SMILES string of the molecule is CC(CC(O)CCc1ccccc1)c1ccccc1. The molecule has 1 N–H and O–H groups in total. The second-order valence-corrected chi connectivity index (χ2v) is 5.23. The zero-order chi connectivity index (χ0) is 13.5. The lowest BCUT2D eigenvalue weighted by atomic mass is 9.93. The third kappa shape index (κ3) is 4.53. The predicted octanol–water partition coefficient (Wildman–Crippen LogP) is 4.17. The summed E-state index contributed by atoms with van der Waals surface area (Å²) in [6.45, 7) is 2.18. The second-order valence-electron chi connectivity index (χ2n) is 5.23. The minimum atomic E-state index is -0.226. The van der Waals surface area contributed by atoms with Crippen molar-refractivity contribution in [1.82, 2.24) is 0 Å². The Morgan fingerprint density at radius 1 is 0.895 bits per heavy atom. The summed E-state index contributed by atoms with van der Waals surface area (Å²) >= 11 is 0. The topological polar surface area (TPSA) is 20.2 Å². The fraction of sp³-hybridized carbons (Fsp3) is 0.333. The number of rotatable bonds is 6. The average molecular weight is 254 g/mol. The normalized spacial score (nSPS) is 14.0. The fourth-order valence-electron chi connectivity index (χ4n) is 2.42. The van der Waals surface area contributed by atoms with Gasteiger partial charge in [0.05, 0.1) is 6.10 Å². The number of benzene rings is 2. The Labute approximate surface area is 115 Å². The first-order chi connectivity index (χ1) is 9.25. The molecule has 2 unspecified atom stereocenters. The van der Waals surface area contributed by atoms with E-state index in [9.17, 15) is 5.11 Å². The van der Waals surface area contributed by atoms with E-state index in [0.29, 0.717) is 5.92 Å². The van der Waals surface area contributed by atoms with E-state index in [1.165, 1.54) is 11.1 Å². The van der Waals surface area contributed by atoms with Crippen molar-refractivity contribution in [2.45, 2.75) is 38.2 Å². The van der Waals surface area contributed by atoms with Crippen molar-refractivity contribution in [2.24, 2.45) is 0 Å². The molecule has 100 valence electrons. The Bertz CT molecular complexity index is 464. The summed E-state index contributed by atoms with van der Waals surface area (Å²) < 4.78 is 0. The van der Waals surface area contributed by atoms with E-state index in [0.717, 1.165) is 19.3 Å². The van der Waals surface area contributed by atoms with Crippen LogP contribution >= 0.6 is 0 Å². The van der Waals surface area contributed by atoms with Gasteiger partial charge in [0.2, 0.25) is 0 Å². The Morgan fingerprint density at radius 3 is 2.11 bits per heavy atom. The molecule has 0 heterocycles. The van der Waals surface area contributed by atoms with Crippen LogP contribution in [0.4, 0.5) is 0 Å². The Balaban J connectivity index is 1.80. The highest BCUT2D eigenvalue weighted by Crippen LogP contribution is 2.22. The lowest BCUT2D eigenvalue weighted by molar-refractivity contribution is 0.147. The van der Waals surface area contributed by atoms with E-state index >= 15 is 0 Å². The van der Waals surface area contributed by atoms with Crippen molar-refractivity contribution in [2.75, 3.05) is 0 Å². The molecule has 0 fully saturated rings. The van der Waals surface area contributed by atoms with Gasteiger partial charge < -0.3 is 5.11 Å². The van der Waals surface area contributed by atoms with Crippen LogP contribution in [0.2, 0.25) is 0 Å². The molecule has 0 aromatic heterocycles. The molecule has 2 rings (SSSR count). The van der Waals surface area contributed by atoms with Gasteiger partial charge in [0.15, 0.2) is 0 Å². The van der Waals surface area contributed by atoms with Gasteiger partial charge in [-0.25, -0.2) is 0 Å². The number of hydrogen-bond donors (Lipinski definition) is 1. The molecule has 0 aliphatic carbocycles. The summed E-state index contributed by atoms with van der Waals surface area (Å²) in [7, 11) is 0. The molecule has 0 amide bonds. The van der Waals surface area contributed by atoms with Gasteiger partial charge in [0.1, 0.15) is 0 Å². The predicted molar refractivity (Wildman–Crippen MR) is 80.2 cm³/mol. The van der Waals surface area contributed by atoms with E-state index < -0.39 is 0 Å². The summed E-state index contributed by atoms with van der Waals surface area (Å²) in [6, 6.07) is 20.8. The number of aliphatic hydroxyl groups excluding tert-OH is 1. The molecule has 0 bridgehead atoms. The van der Waals surface area contributed by atoms with Crippen LogP contribution in [0.1, 0.15) is 36.8 Å². The summed E-state index contributed by atoms with van der Waals surface area (Å²) in [4.78, 5) is 0. The van der Waals surface area contributed by atoms with Gasteiger partial charge >= 0.3 is 0 Å². The summed E-state index contributed by atoms with van der Waals surface area (Å²) in [6.07, 6.45) is 2.39. The van der Waals surface area contributed by atoms with Crippen molar-refractivity contribution in [3.8, 4) is 0 Å². The van der Waals surface area contributed by atoms with Crippen molar-refractivity contribution < 1.29 is 5.11 Å². The first-order valence-corrected chi connectivity index (χ1v) is 7.02. The van der Waals surface area contributed by atoms with Crippen LogP contribution in [0.15, 0.2) is 60.7 Å². The smallest absolute Gasteiger partial charge is 0.0549 e. The van der Waals surface area contributed by atoms with E-state index in [2.05, 4.69) is 43.3 Å². The monoisotopic (exact) mass is 254 g/mol. The zero-order valence-corrected chi connectivity index (χ0v) is 11.5. The molecular weight excluding hydrogens is 232 g/mol. The molecule has 0 aliphatic heterocycles. The number of aryl methyl sites for hydroxylation is 1. The Hall–Kier alpha value is -1.60. The van der Waals surface area contributed by atoms with Crippen molar-refractivity contribution >= 4 is 0 Å². The van der Waals surface area contributed by atoms with Gasteiger partial charge in [0.25, 0.3) is 0 Å². The zero-order valence-electron chi connectivity index (χ0n) is 11.5. The number of aliphatic hydroxyl groups is 1. The molecule has 2 aromatic rings. The van der Waals surface area contributed by atoms with Crippen molar-refractivity contribution in [3.05, 3.63) is 71.8 Å². The summed E-state index contributed by atoms with van der Waals surface area (Å²) in [5.41, 5.74) is 2.61. The van der Waals surface area contributed by atoms with Crippen molar-refractivity contribution in [3.63, 3.8) is 0 Å². The maximum atomic E-state index is 10.1. The molecule has 2 aromatic carbocycles. The lowest BCUT2D eigenvalue weighted by Crippen LogP contribution is -2.12. The van der Waals surface area contributed by atoms with Crippen molar-refractivity contribution in [1.29, 1.82) is 0 Å². The minimum Gasteiger partial charge on any atom is -0.393 e. The van der Waals surface area contributed by atoms with Crippen LogP contribution in [-0.4, -0.2) is 11.2 Å².